The van der Waals surface area contributed by atoms with E-state index in [1.54, 1.807) is 0 Å². The van der Waals surface area contributed by atoms with Crippen LogP contribution in [0.4, 0.5) is 0 Å². The molecule has 0 saturated heterocycles. The first-order valence-corrected chi connectivity index (χ1v) is 9.50. The summed E-state index contributed by atoms with van der Waals surface area (Å²) >= 11 is 0. The highest BCUT2D eigenvalue weighted by Crippen LogP contribution is 2.35. The predicted molar refractivity (Wildman–Crippen MR) is 94.1 cm³/mol. The van der Waals surface area contributed by atoms with Gasteiger partial charge in [-0.05, 0) is 75.0 Å². The molecule has 2 aliphatic carbocycles. The smallest absolute Gasteiger partial charge is 0 e. The van der Waals surface area contributed by atoms with Crippen LogP contribution < -0.4 is 0 Å². The van der Waals surface area contributed by atoms with Crippen molar-refractivity contribution in [1.29, 1.82) is 0 Å². The van der Waals surface area contributed by atoms with Crippen molar-refractivity contribution in [3.05, 3.63) is 12.2 Å². The molecule has 0 aliphatic heterocycles. The summed E-state index contributed by atoms with van der Waals surface area (Å²) in [5.41, 5.74) is 0. The van der Waals surface area contributed by atoms with Gasteiger partial charge in [-0.25, -0.2) is 0 Å². The highest BCUT2D eigenvalue weighted by Gasteiger charge is 2.21. The monoisotopic (exact) mass is 280 g/mol. The van der Waals surface area contributed by atoms with Crippen LogP contribution in [0.3, 0.4) is 0 Å². The van der Waals surface area contributed by atoms with E-state index in [-0.39, 0.29) is 2.85 Å². The van der Waals surface area contributed by atoms with Crippen LogP contribution >= 0.6 is 0 Å². The van der Waals surface area contributed by atoms with Gasteiger partial charge in [0, 0.05) is 2.85 Å². The van der Waals surface area contributed by atoms with E-state index >= 15 is 0 Å². The van der Waals surface area contributed by atoms with Gasteiger partial charge in [0.05, 0.1) is 0 Å². The fourth-order valence-corrected chi connectivity index (χ4v) is 4.47. The summed E-state index contributed by atoms with van der Waals surface area (Å²) in [6, 6.07) is 0. The average Bonchev–Trinajstić information content (AvgIpc) is 2.49. The van der Waals surface area contributed by atoms with Crippen LogP contribution in [0, 0.1) is 23.7 Å². The molecule has 0 N–H and O–H groups in total. The lowest BCUT2D eigenvalue weighted by molar-refractivity contribution is 0.284. The van der Waals surface area contributed by atoms with Crippen LogP contribution in [0.2, 0.25) is 0 Å². The Balaban J connectivity index is 0.00000220. The molecule has 0 bridgehead atoms. The van der Waals surface area contributed by atoms with E-state index in [0.717, 1.165) is 23.7 Å². The topological polar surface area (TPSA) is 0 Å². The Hall–Kier alpha value is -0.260. The van der Waals surface area contributed by atoms with E-state index in [4.69, 9.17) is 0 Å². The molecule has 120 valence electrons. The zero-order valence-electron chi connectivity index (χ0n) is 13.9. The van der Waals surface area contributed by atoms with Gasteiger partial charge >= 0.3 is 0 Å². The number of hydrogen-bond acceptors (Lipinski definition) is 0. The molecular formula is C20H40. The van der Waals surface area contributed by atoms with Gasteiger partial charge in [-0.2, -0.15) is 0 Å². The van der Waals surface area contributed by atoms with Gasteiger partial charge in [-0.3, -0.25) is 0 Å². The first-order chi connectivity index (χ1) is 9.81. The normalized spacial score (nSPS) is 35.5. The minimum atomic E-state index is 0. The Labute approximate surface area is 130 Å². The van der Waals surface area contributed by atoms with E-state index in [1.165, 1.54) is 77.0 Å². The first kappa shape index (κ1) is 16.1. The maximum atomic E-state index is 2.60. The van der Waals surface area contributed by atoms with Crippen molar-refractivity contribution in [1.82, 2.24) is 0 Å². The number of rotatable bonds is 6. The fraction of sp³-hybridized carbons (Fsp3) is 0.900. The molecule has 0 atom stereocenters. The van der Waals surface area contributed by atoms with Crippen molar-refractivity contribution >= 4 is 0 Å². The largest absolute Gasteiger partial charge is 0.0851 e. The van der Waals surface area contributed by atoms with Crippen molar-refractivity contribution < 1.29 is 2.85 Å². The van der Waals surface area contributed by atoms with Crippen LogP contribution in [0.15, 0.2) is 12.2 Å². The van der Waals surface area contributed by atoms with Crippen molar-refractivity contribution in [3.8, 4) is 0 Å². The van der Waals surface area contributed by atoms with Crippen molar-refractivity contribution in [3.63, 3.8) is 0 Å². The van der Waals surface area contributed by atoms with Gasteiger partial charge in [-0.1, -0.05) is 51.7 Å². The lowest BCUT2D eigenvalue weighted by Crippen LogP contribution is -2.15. The molecular weight excluding hydrogens is 240 g/mol. The number of hydrogen-bond donors (Lipinski definition) is 0. The Morgan fingerprint density at radius 2 is 1.00 bits per heavy atom. The predicted octanol–water partition coefficient (Wildman–Crippen LogP) is 7.25. The maximum absolute atomic E-state index is 2.60. The Morgan fingerprint density at radius 1 is 0.650 bits per heavy atom. The molecule has 2 rings (SSSR count). The standard InChI is InChI=1S/C20H36.2H2/c1-3-5-17-7-11-19(12-8-17)15-16-20-13-9-18(6-4-2)10-14-20;;/h15-20H,3-14H2,1-2H3;2*1H/b16-15+;;. The molecule has 0 amide bonds. The summed E-state index contributed by atoms with van der Waals surface area (Å²) in [6.45, 7) is 4.67. The van der Waals surface area contributed by atoms with E-state index in [2.05, 4.69) is 26.0 Å². The van der Waals surface area contributed by atoms with E-state index in [9.17, 15) is 0 Å². The molecule has 20 heavy (non-hydrogen) atoms. The summed E-state index contributed by atoms with van der Waals surface area (Å²) in [5, 5.41) is 0. The van der Waals surface area contributed by atoms with Crippen LogP contribution in [0.5, 0.6) is 0 Å². The van der Waals surface area contributed by atoms with E-state index in [1.807, 2.05) is 0 Å². The fourth-order valence-electron chi connectivity index (χ4n) is 4.47. The van der Waals surface area contributed by atoms with Gasteiger partial charge in [0.1, 0.15) is 0 Å². The molecule has 0 radical (unpaired) electrons. The number of allylic oxidation sites excluding steroid dienone is 2. The molecule has 0 heteroatoms. The van der Waals surface area contributed by atoms with Crippen LogP contribution in [0.1, 0.15) is 93.8 Å². The molecule has 0 aromatic carbocycles. The zero-order chi connectivity index (χ0) is 14.2. The van der Waals surface area contributed by atoms with Crippen LogP contribution in [-0.2, 0) is 0 Å². The molecule has 0 nitrogen and oxygen atoms in total. The van der Waals surface area contributed by atoms with Gasteiger partial charge in [-0.15, -0.1) is 0 Å². The molecule has 2 fully saturated rings. The summed E-state index contributed by atoms with van der Waals surface area (Å²) < 4.78 is 0. The van der Waals surface area contributed by atoms with E-state index in [0.29, 0.717) is 0 Å². The Kier molecular flexibility index (Phi) is 7.17. The molecule has 0 aromatic rings. The SMILES string of the molecule is CCCC1CCC(/C=C/C2CCC(CCC)CC2)CC1.[HH].[HH]. The molecule has 0 spiro atoms. The minimum Gasteiger partial charge on any atom is -0.0851 e. The quantitative estimate of drug-likeness (QED) is 0.449. The van der Waals surface area contributed by atoms with Crippen molar-refractivity contribution in [2.45, 2.75) is 90.9 Å². The summed E-state index contributed by atoms with van der Waals surface area (Å²) in [4.78, 5) is 0. The zero-order valence-corrected chi connectivity index (χ0v) is 13.9. The van der Waals surface area contributed by atoms with Crippen molar-refractivity contribution in [2.75, 3.05) is 0 Å². The van der Waals surface area contributed by atoms with Gasteiger partial charge in [0.25, 0.3) is 0 Å². The average molecular weight is 281 g/mol. The third kappa shape index (κ3) is 5.26. The second-order valence-electron chi connectivity index (χ2n) is 7.52. The summed E-state index contributed by atoms with van der Waals surface area (Å²) in [6.07, 6.45) is 22.7. The third-order valence-corrected chi connectivity index (χ3v) is 5.83. The van der Waals surface area contributed by atoms with E-state index < -0.39 is 0 Å². The lowest BCUT2D eigenvalue weighted by atomic mass is 9.77. The molecule has 2 saturated carbocycles. The maximum Gasteiger partial charge on any atom is 0 e. The van der Waals surface area contributed by atoms with Crippen molar-refractivity contribution in [2.24, 2.45) is 23.7 Å². The molecule has 0 aromatic heterocycles. The Morgan fingerprint density at radius 3 is 1.30 bits per heavy atom. The highest BCUT2D eigenvalue weighted by atomic mass is 14.3. The minimum absolute atomic E-state index is 0. The first-order valence-electron chi connectivity index (χ1n) is 9.50. The van der Waals surface area contributed by atoms with Gasteiger partial charge in [0.15, 0.2) is 0 Å². The van der Waals surface area contributed by atoms with Crippen LogP contribution in [0.25, 0.3) is 0 Å². The lowest BCUT2D eigenvalue weighted by Gasteiger charge is -2.28. The van der Waals surface area contributed by atoms with Crippen LogP contribution in [-0.4, -0.2) is 0 Å². The summed E-state index contributed by atoms with van der Waals surface area (Å²) in [5.74, 6) is 3.93. The third-order valence-electron chi connectivity index (χ3n) is 5.83. The molecule has 2 aliphatic rings. The Bertz CT molecular complexity index is 243. The van der Waals surface area contributed by atoms with Gasteiger partial charge < -0.3 is 0 Å². The second-order valence-corrected chi connectivity index (χ2v) is 7.52. The molecule has 0 unspecified atom stereocenters. The second kappa shape index (κ2) is 8.90. The highest BCUT2D eigenvalue weighted by molar-refractivity contribution is 4.96. The van der Waals surface area contributed by atoms with Gasteiger partial charge in [0.2, 0.25) is 0 Å². The molecule has 0 heterocycles. The summed E-state index contributed by atoms with van der Waals surface area (Å²) in [7, 11) is 0.